The molecule has 0 unspecified atom stereocenters. The SMILES string of the molecule is COCCCO[C@H]1CC[C@@]2(C)[C@@H](C1)C(=O)C=C1[C@]3(O)CC[C@@H]4[C@](C)(O)[C@H](O)[C@H]5O[C@H]6[C@H](C[C@H](N[C@H]6O)C(=O)N6C[C@@H]6CC#C[C@]12CC[C@]43C)[C@H]5CO. The van der Waals surface area contributed by atoms with E-state index in [-0.39, 0.29) is 36.4 Å². The molecule has 12 heteroatoms. The van der Waals surface area contributed by atoms with Gasteiger partial charge in [-0.2, -0.15) is 0 Å². The van der Waals surface area contributed by atoms with E-state index in [1.807, 2.05) is 6.92 Å². The number of rotatable bonds is 6. The molecule has 0 aromatic carbocycles. The molecule has 1 amide bonds. The fourth-order valence-corrected chi connectivity index (χ4v) is 12.6. The van der Waals surface area contributed by atoms with Crippen LogP contribution in [0.2, 0.25) is 0 Å². The second-order valence-corrected chi connectivity index (χ2v) is 18.1. The molecule has 16 atom stereocenters. The van der Waals surface area contributed by atoms with Crippen molar-refractivity contribution in [1.29, 1.82) is 0 Å². The summed E-state index contributed by atoms with van der Waals surface area (Å²) in [4.78, 5) is 29.9. The minimum atomic E-state index is -1.77. The summed E-state index contributed by atoms with van der Waals surface area (Å²) < 4.78 is 17.8. The summed E-state index contributed by atoms with van der Waals surface area (Å²) in [7, 11) is 1.67. The molecule has 6 fully saturated rings. The molecule has 3 saturated heterocycles. The zero-order valence-corrected chi connectivity index (χ0v) is 31.1. The lowest BCUT2D eigenvalue weighted by atomic mass is 9.39. The first-order valence-electron chi connectivity index (χ1n) is 19.7. The van der Waals surface area contributed by atoms with E-state index in [4.69, 9.17) is 14.2 Å². The van der Waals surface area contributed by atoms with Crippen LogP contribution in [0.1, 0.15) is 85.0 Å². The Morgan fingerprint density at radius 2 is 1.81 bits per heavy atom. The van der Waals surface area contributed by atoms with Crippen LogP contribution in [-0.2, 0) is 23.8 Å². The lowest BCUT2D eigenvalue weighted by Gasteiger charge is -2.64. The highest BCUT2D eigenvalue weighted by Gasteiger charge is 2.74. The molecule has 9 rings (SSSR count). The van der Waals surface area contributed by atoms with Crippen molar-refractivity contribution in [3.63, 3.8) is 0 Å². The fourth-order valence-electron chi connectivity index (χ4n) is 12.6. The lowest BCUT2D eigenvalue weighted by Crippen LogP contribution is -2.66. The van der Waals surface area contributed by atoms with Crippen LogP contribution >= 0.6 is 0 Å². The molecule has 0 aromatic rings. The van der Waals surface area contributed by atoms with Gasteiger partial charge in [0.15, 0.2) is 5.78 Å². The molecule has 6 N–H and O–H groups in total. The zero-order valence-electron chi connectivity index (χ0n) is 31.1. The van der Waals surface area contributed by atoms with Gasteiger partial charge in [0, 0.05) is 57.1 Å². The Labute approximate surface area is 306 Å². The molecule has 3 saturated carbocycles. The molecule has 7 bridgehead atoms. The van der Waals surface area contributed by atoms with Crippen LogP contribution in [0.5, 0.6) is 0 Å². The van der Waals surface area contributed by atoms with Crippen molar-refractivity contribution in [2.24, 2.45) is 39.9 Å². The molecule has 12 nitrogen and oxygen atoms in total. The van der Waals surface area contributed by atoms with E-state index in [0.717, 1.165) is 12.8 Å². The minimum absolute atomic E-state index is 0.0214. The van der Waals surface area contributed by atoms with Crippen LogP contribution in [0.4, 0.5) is 0 Å². The standard InChI is InChI=1S/C40H58N2O10/c1-36-11-8-23(51-16-6-15-50-4)17-26(36)28(44)19-30-39(36)10-5-7-22-20-42(22)35(47)27-18-24-25(21-43)31(52-32(24)34(46)41-27)33(45)38(3,48)29-9-12-40(30,49)37(29,2)13-14-39/h19,22-27,29,31-34,41,43,45-46,48-49H,6-9,11-18,20-21H2,1-4H3/t22-,23-,24+,25+,26-,27-,29-,31-,32-,33+,34-,36-,37+,38-,39-,40+,42?/m0/s1. The van der Waals surface area contributed by atoms with E-state index >= 15 is 0 Å². The lowest BCUT2D eigenvalue weighted by molar-refractivity contribution is -0.205. The van der Waals surface area contributed by atoms with Crippen LogP contribution in [0.15, 0.2) is 11.6 Å². The number of hydrogen-bond donors (Lipinski definition) is 6. The van der Waals surface area contributed by atoms with Gasteiger partial charge >= 0.3 is 0 Å². The molecule has 288 valence electrons. The van der Waals surface area contributed by atoms with Crippen molar-refractivity contribution in [3.05, 3.63) is 11.6 Å². The third-order valence-corrected chi connectivity index (χ3v) is 15.8. The highest BCUT2D eigenvalue weighted by molar-refractivity contribution is 5.95. The fraction of sp³-hybridized carbons (Fsp3) is 0.850. The van der Waals surface area contributed by atoms with E-state index in [1.54, 1.807) is 25.0 Å². The number of aliphatic hydroxyl groups is 5. The number of fused-ring (bicyclic) bond motifs is 4. The Bertz CT molecular complexity index is 1560. The molecule has 0 aromatic heterocycles. The van der Waals surface area contributed by atoms with Crippen molar-refractivity contribution in [3.8, 4) is 11.8 Å². The van der Waals surface area contributed by atoms with Crippen LogP contribution in [0, 0.1) is 51.8 Å². The molecular weight excluding hydrogens is 668 g/mol. The summed E-state index contributed by atoms with van der Waals surface area (Å²) in [5.74, 6) is 5.07. The molecule has 5 heterocycles. The number of hydrogen-bond acceptors (Lipinski definition) is 11. The van der Waals surface area contributed by atoms with Gasteiger partial charge in [-0.15, -0.1) is 5.92 Å². The first-order valence-corrected chi connectivity index (χ1v) is 19.7. The Morgan fingerprint density at radius 3 is 2.56 bits per heavy atom. The Hall–Kier alpha value is -1.92. The topological polar surface area (TPSA) is 178 Å². The quantitative estimate of drug-likeness (QED) is 0.131. The number of carbonyl (C=O) groups excluding carboxylic acids is 2. The molecule has 0 radical (unpaired) electrons. The molecule has 52 heavy (non-hydrogen) atoms. The normalized spacial score (nSPS) is 52.2. The van der Waals surface area contributed by atoms with E-state index in [9.17, 15) is 35.1 Å². The maximum atomic E-state index is 14.3. The summed E-state index contributed by atoms with van der Waals surface area (Å²) in [6.07, 6.45) is 2.52. The van der Waals surface area contributed by atoms with Gasteiger partial charge in [0.05, 0.1) is 40.9 Å². The van der Waals surface area contributed by atoms with Gasteiger partial charge < -0.3 is 44.6 Å². The predicted molar refractivity (Wildman–Crippen MR) is 187 cm³/mol. The number of aliphatic hydroxyl groups excluding tert-OH is 3. The van der Waals surface area contributed by atoms with Crippen LogP contribution in [-0.4, -0.2) is 130 Å². The highest BCUT2D eigenvalue weighted by Crippen LogP contribution is 2.73. The minimum Gasteiger partial charge on any atom is -0.396 e. The number of nitrogens with one attached hydrogen (secondary N) is 1. The first kappa shape index (κ1) is 37.0. The van der Waals surface area contributed by atoms with Gasteiger partial charge in [-0.1, -0.05) is 19.8 Å². The third-order valence-electron chi connectivity index (χ3n) is 15.8. The summed E-state index contributed by atoms with van der Waals surface area (Å²) in [5, 5.41) is 62.6. The van der Waals surface area contributed by atoms with Crippen molar-refractivity contribution in [2.45, 2.75) is 139 Å². The summed E-state index contributed by atoms with van der Waals surface area (Å²) in [6, 6.07) is -0.777. The highest BCUT2D eigenvalue weighted by atomic mass is 16.5. The molecule has 9 aliphatic rings. The Morgan fingerprint density at radius 1 is 1.02 bits per heavy atom. The van der Waals surface area contributed by atoms with Crippen molar-refractivity contribution >= 4 is 11.7 Å². The average molecular weight is 727 g/mol. The van der Waals surface area contributed by atoms with Crippen LogP contribution in [0.3, 0.4) is 0 Å². The number of ketones is 1. The first-order chi connectivity index (χ1) is 24.7. The monoisotopic (exact) mass is 726 g/mol. The number of ether oxygens (including phenoxy) is 3. The summed E-state index contributed by atoms with van der Waals surface area (Å²) in [6.45, 7) is 7.11. The summed E-state index contributed by atoms with van der Waals surface area (Å²) >= 11 is 0. The predicted octanol–water partition coefficient (Wildman–Crippen LogP) is 1.05. The van der Waals surface area contributed by atoms with Gasteiger partial charge in [0.2, 0.25) is 5.91 Å². The second kappa shape index (κ2) is 12.8. The number of piperidine rings is 1. The van der Waals surface area contributed by atoms with Crippen molar-refractivity contribution in [2.75, 3.05) is 33.5 Å². The van der Waals surface area contributed by atoms with Gasteiger partial charge in [-0.3, -0.25) is 14.9 Å². The Kier molecular flexibility index (Phi) is 9.13. The largest absolute Gasteiger partial charge is 0.396 e. The maximum Gasteiger partial charge on any atom is 0.240 e. The van der Waals surface area contributed by atoms with Crippen LogP contribution in [0.25, 0.3) is 0 Å². The summed E-state index contributed by atoms with van der Waals surface area (Å²) in [5.41, 5.74) is -4.93. The molecular formula is C40H58N2O10. The second-order valence-electron chi connectivity index (χ2n) is 18.1. The van der Waals surface area contributed by atoms with Gasteiger partial charge in [-0.25, -0.2) is 0 Å². The van der Waals surface area contributed by atoms with Gasteiger partial charge in [0.25, 0.3) is 0 Å². The average Bonchev–Trinajstić information content (AvgIpc) is 3.69. The van der Waals surface area contributed by atoms with E-state index in [0.29, 0.717) is 76.7 Å². The van der Waals surface area contributed by atoms with E-state index in [2.05, 4.69) is 24.1 Å². The van der Waals surface area contributed by atoms with Crippen molar-refractivity contribution in [1.82, 2.24) is 10.2 Å². The number of carbonyl (C=O) groups is 2. The van der Waals surface area contributed by atoms with E-state index < -0.39 is 75.8 Å². The maximum absolute atomic E-state index is 14.3. The van der Waals surface area contributed by atoms with Gasteiger partial charge in [0.1, 0.15) is 18.4 Å². The number of allylic oxidation sites excluding steroid dienone is 1. The van der Waals surface area contributed by atoms with Crippen LogP contribution < -0.4 is 5.32 Å². The Balaban J connectivity index is 1.21. The van der Waals surface area contributed by atoms with E-state index in [1.165, 1.54) is 0 Å². The third kappa shape index (κ3) is 5.13. The van der Waals surface area contributed by atoms with Gasteiger partial charge in [-0.05, 0) is 93.6 Å². The smallest absolute Gasteiger partial charge is 0.240 e. The molecule has 1 spiro atoms. The zero-order chi connectivity index (χ0) is 37.0. The number of methoxy groups -OCH3 is 1. The number of amides is 1. The number of nitrogens with zero attached hydrogens (tertiary/aromatic N) is 1. The molecule has 5 aliphatic heterocycles. The van der Waals surface area contributed by atoms with Crippen molar-refractivity contribution < 1.29 is 49.3 Å². The molecule has 4 aliphatic carbocycles.